The minimum atomic E-state index is -0.133. The van der Waals surface area contributed by atoms with Gasteiger partial charge in [0.1, 0.15) is 0 Å². The molecule has 1 aliphatic rings. The Bertz CT molecular complexity index is 627. The Morgan fingerprint density at radius 2 is 2.09 bits per heavy atom. The molecule has 3 rings (SSSR count). The molecule has 1 amide bonds. The highest BCUT2D eigenvalue weighted by Gasteiger charge is 2.33. The van der Waals surface area contributed by atoms with Crippen LogP contribution in [0, 0.1) is 12.8 Å². The predicted molar refractivity (Wildman–Crippen MR) is 84.6 cm³/mol. The molecular formula is C17H20N4O. The number of nitrogens with zero attached hydrogens (tertiary/aromatic N) is 1. The lowest BCUT2D eigenvalue weighted by Gasteiger charge is -2.18. The van der Waals surface area contributed by atoms with Gasteiger partial charge in [0.05, 0.1) is 24.2 Å². The summed E-state index contributed by atoms with van der Waals surface area (Å²) in [6.07, 6.45) is 1.73. The highest BCUT2D eigenvalue weighted by Crippen LogP contribution is 2.25. The van der Waals surface area contributed by atoms with E-state index >= 15 is 0 Å². The summed E-state index contributed by atoms with van der Waals surface area (Å²) in [5, 5.41) is 2.97. The molecule has 1 aromatic heterocycles. The molecule has 22 heavy (non-hydrogen) atoms. The number of hydrazine groups is 1. The van der Waals surface area contributed by atoms with Crippen molar-refractivity contribution in [1.82, 2.24) is 21.2 Å². The topological polar surface area (TPSA) is 66.0 Å². The minimum absolute atomic E-state index is 0.00988. The van der Waals surface area contributed by atoms with Gasteiger partial charge in [0.15, 0.2) is 0 Å². The van der Waals surface area contributed by atoms with Crippen LogP contribution in [-0.2, 0) is 11.3 Å². The molecule has 0 saturated carbocycles. The zero-order valence-electron chi connectivity index (χ0n) is 12.5. The third-order valence-electron chi connectivity index (χ3n) is 3.93. The van der Waals surface area contributed by atoms with Gasteiger partial charge in [-0.15, -0.1) is 0 Å². The normalized spacial score (nSPS) is 20.8. The van der Waals surface area contributed by atoms with E-state index in [0.717, 1.165) is 11.3 Å². The third-order valence-corrected chi connectivity index (χ3v) is 3.93. The average molecular weight is 296 g/mol. The number of nitrogens with one attached hydrogen (secondary N) is 3. The van der Waals surface area contributed by atoms with E-state index in [1.54, 1.807) is 6.20 Å². The molecule has 0 aliphatic carbocycles. The molecule has 0 spiro atoms. The van der Waals surface area contributed by atoms with Gasteiger partial charge < -0.3 is 5.32 Å². The molecule has 0 radical (unpaired) electrons. The zero-order valence-corrected chi connectivity index (χ0v) is 12.5. The first-order chi connectivity index (χ1) is 10.7. The first-order valence-electron chi connectivity index (χ1n) is 7.46. The van der Waals surface area contributed by atoms with Crippen LogP contribution < -0.4 is 16.2 Å². The van der Waals surface area contributed by atoms with E-state index in [9.17, 15) is 4.79 Å². The largest absolute Gasteiger partial charge is 0.350 e. The summed E-state index contributed by atoms with van der Waals surface area (Å²) in [7, 11) is 0. The van der Waals surface area contributed by atoms with E-state index in [1.165, 1.54) is 5.56 Å². The van der Waals surface area contributed by atoms with E-state index in [4.69, 9.17) is 0 Å². The zero-order chi connectivity index (χ0) is 15.4. The van der Waals surface area contributed by atoms with E-state index < -0.39 is 0 Å². The maximum absolute atomic E-state index is 12.5. The molecule has 2 atom stereocenters. The number of rotatable bonds is 4. The maximum Gasteiger partial charge on any atom is 0.226 e. The molecule has 3 N–H and O–H groups in total. The molecule has 2 unspecified atom stereocenters. The number of aryl methyl sites for hydroxylation is 1. The van der Waals surface area contributed by atoms with Crippen LogP contribution in [0.3, 0.4) is 0 Å². The van der Waals surface area contributed by atoms with Gasteiger partial charge in [0.2, 0.25) is 5.91 Å². The predicted octanol–water partition coefficient (Wildman–Crippen LogP) is 1.47. The summed E-state index contributed by atoms with van der Waals surface area (Å²) < 4.78 is 0. The van der Waals surface area contributed by atoms with Crippen LogP contribution in [-0.4, -0.2) is 17.4 Å². The van der Waals surface area contributed by atoms with Crippen molar-refractivity contribution in [3.63, 3.8) is 0 Å². The van der Waals surface area contributed by atoms with Crippen molar-refractivity contribution in [2.75, 3.05) is 6.54 Å². The fourth-order valence-corrected chi connectivity index (χ4v) is 2.64. The molecule has 5 heteroatoms. The number of benzene rings is 1. The van der Waals surface area contributed by atoms with Crippen molar-refractivity contribution in [3.8, 4) is 0 Å². The number of pyridine rings is 1. The van der Waals surface area contributed by atoms with Crippen molar-refractivity contribution in [2.45, 2.75) is 19.5 Å². The van der Waals surface area contributed by atoms with Crippen LogP contribution in [0.1, 0.15) is 22.9 Å². The first-order valence-corrected chi connectivity index (χ1v) is 7.46. The van der Waals surface area contributed by atoms with E-state index in [1.807, 2.05) is 18.2 Å². The standard InChI is InChI=1S/C17H20N4O/c1-12-5-7-13(8-6-12)16-15(11-20-21-16)17(22)19-10-14-4-2-3-9-18-14/h2-9,15-16,20-21H,10-11H2,1H3,(H,19,22). The molecule has 1 aliphatic heterocycles. The smallest absolute Gasteiger partial charge is 0.226 e. The fourth-order valence-electron chi connectivity index (χ4n) is 2.64. The lowest BCUT2D eigenvalue weighted by Crippen LogP contribution is -2.34. The van der Waals surface area contributed by atoms with Crippen LogP contribution >= 0.6 is 0 Å². The van der Waals surface area contributed by atoms with Gasteiger partial charge in [-0.1, -0.05) is 35.9 Å². The van der Waals surface area contributed by atoms with Crippen LogP contribution in [0.5, 0.6) is 0 Å². The Hall–Kier alpha value is -2.24. The summed E-state index contributed by atoms with van der Waals surface area (Å²) in [6.45, 7) is 3.13. The summed E-state index contributed by atoms with van der Waals surface area (Å²) in [4.78, 5) is 16.7. The van der Waals surface area contributed by atoms with Gasteiger partial charge in [0.25, 0.3) is 0 Å². The molecule has 5 nitrogen and oxygen atoms in total. The van der Waals surface area contributed by atoms with Crippen molar-refractivity contribution < 1.29 is 4.79 Å². The second-order valence-corrected chi connectivity index (χ2v) is 5.56. The highest BCUT2D eigenvalue weighted by atomic mass is 16.2. The Morgan fingerprint density at radius 3 is 2.82 bits per heavy atom. The van der Waals surface area contributed by atoms with Crippen molar-refractivity contribution in [3.05, 3.63) is 65.5 Å². The van der Waals surface area contributed by atoms with Gasteiger partial charge in [-0.3, -0.25) is 15.2 Å². The van der Waals surface area contributed by atoms with E-state index in [2.05, 4.69) is 52.3 Å². The molecule has 0 bridgehead atoms. The minimum Gasteiger partial charge on any atom is -0.350 e. The quantitative estimate of drug-likeness (QED) is 0.799. The Balaban J connectivity index is 1.65. The molecule has 1 aromatic carbocycles. The van der Waals surface area contributed by atoms with Gasteiger partial charge in [-0.25, -0.2) is 5.43 Å². The van der Waals surface area contributed by atoms with E-state index in [0.29, 0.717) is 13.1 Å². The lowest BCUT2D eigenvalue weighted by molar-refractivity contribution is -0.125. The van der Waals surface area contributed by atoms with Crippen LogP contribution in [0.4, 0.5) is 0 Å². The van der Waals surface area contributed by atoms with Crippen LogP contribution in [0.15, 0.2) is 48.7 Å². The molecule has 114 valence electrons. The first kappa shape index (κ1) is 14.7. The Morgan fingerprint density at radius 1 is 1.27 bits per heavy atom. The summed E-state index contributed by atoms with van der Waals surface area (Å²) >= 11 is 0. The number of amides is 1. The SMILES string of the molecule is Cc1ccc(C2NNCC2C(=O)NCc2ccccn2)cc1. The monoisotopic (exact) mass is 296 g/mol. The summed E-state index contributed by atoms with van der Waals surface area (Å²) in [6, 6.07) is 14.0. The fraction of sp³-hybridized carbons (Fsp3) is 0.294. The number of carbonyl (C=O) groups is 1. The van der Waals surface area contributed by atoms with Gasteiger partial charge >= 0.3 is 0 Å². The summed E-state index contributed by atoms with van der Waals surface area (Å²) in [5.41, 5.74) is 9.48. The lowest BCUT2D eigenvalue weighted by atomic mass is 9.93. The summed E-state index contributed by atoms with van der Waals surface area (Å²) in [5.74, 6) is -0.0971. The number of hydrogen-bond donors (Lipinski definition) is 3. The van der Waals surface area contributed by atoms with Gasteiger partial charge in [0, 0.05) is 12.7 Å². The molecular weight excluding hydrogens is 276 g/mol. The van der Waals surface area contributed by atoms with Gasteiger partial charge in [-0.2, -0.15) is 0 Å². The van der Waals surface area contributed by atoms with Crippen molar-refractivity contribution in [1.29, 1.82) is 0 Å². The average Bonchev–Trinajstić information content (AvgIpc) is 3.04. The Labute approximate surface area is 130 Å². The highest BCUT2D eigenvalue weighted by molar-refractivity contribution is 5.80. The Kier molecular flexibility index (Phi) is 4.46. The van der Waals surface area contributed by atoms with Crippen molar-refractivity contribution >= 4 is 5.91 Å². The number of aromatic nitrogens is 1. The molecule has 2 heterocycles. The van der Waals surface area contributed by atoms with Gasteiger partial charge in [-0.05, 0) is 24.6 Å². The molecule has 1 fully saturated rings. The second-order valence-electron chi connectivity index (χ2n) is 5.56. The molecule has 2 aromatic rings. The maximum atomic E-state index is 12.5. The van der Waals surface area contributed by atoms with Crippen LogP contribution in [0.25, 0.3) is 0 Å². The second kappa shape index (κ2) is 6.68. The number of hydrogen-bond acceptors (Lipinski definition) is 4. The van der Waals surface area contributed by atoms with Crippen LogP contribution in [0.2, 0.25) is 0 Å². The van der Waals surface area contributed by atoms with Crippen molar-refractivity contribution in [2.24, 2.45) is 5.92 Å². The third kappa shape index (κ3) is 3.32. The molecule has 1 saturated heterocycles. The number of carbonyl (C=O) groups excluding carboxylic acids is 1. The van der Waals surface area contributed by atoms with E-state index in [-0.39, 0.29) is 17.9 Å².